The number of rotatable bonds is 4. The van der Waals surface area contributed by atoms with Crippen molar-refractivity contribution in [2.75, 3.05) is 23.9 Å². The van der Waals surface area contributed by atoms with Gasteiger partial charge in [-0.2, -0.15) is 0 Å². The average Bonchev–Trinajstić information content (AvgIpc) is 2.35. The lowest BCUT2D eigenvalue weighted by molar-refractivity contribution is 0.687. The van der Waals surface area contributed by atoms with Gasteiger partial charge in [0.05, 0.1) is 5.52 Å². The van der Waals surface area contributed by atoms with Crippen molar-refractivity contribution < 1.29 is 4.21 Å². The van der Waals surface area contributed by atoms with Crippen molar-refractivity contribution in [3.63, 3.8) is 0 Å². The third kappa shape index (κ3) is 2.61. The predicted molar refractivity (Wildman–Crippen MR) is 76.6 cm³/mol. The molecule has 0 saturated heterocycles. The molecular weight excluding hydrogens is 248 g/mol. The zero-order chi connectivity index (χ0) is 13.1. The number of anilines is 1. The Morgan fingerprint density at radius 3 is 2.78 bits per heavy atom. The molecule has 1 aromatic carbocycles. The Labute approximate surface area is 108 Å². The predicted octanol–water partition coefficient (Wildman–Crippen LogP) is 1.33. The number of hydrogen-bond donors (Lipinski definition) is 1. The normalized spacial score (nSPS) is 12.6. The van der Waals surface area contributed by atoms with Gasteiger partial charge in [-0.05, 0) is 6.07 Å². The lowest BCUT2D eigenvalue weighted by Crippen LogP contribution is -2.18. The van der Waals surface area contributed by atoms with Crippen LogP contribution in [0.25, 0.3) is 10.9 Å². The van der Waals surface area contributed by atoms with Crippen LogP contribution in [0.3, 0.4) is 0 Å². The molecule has 1 unspecified atom stereocenters. The molecule has 18 heavy (non-hydrogen) atoms. The fourth-order valence-electron chi connectivity index (χ4n) is 1.89. The summed E-state index contributed by atoms with van der Waals surface area (Å²) in [5.41, 5.74) is 1.65. The molecule has 0 aliphatic carbocycles. The van der Waals surface area contributed by atoms with E-state index in [-0.39, 0.29) is 5.56 Å². The zero-order valence-electron chi connectivity index (χ0n) is 10.5. The number of nitrogens with one attached hydrogen (secondary N) is 1. The van der Waals surface area contributed by atoms with Crippen molar-refractivity contribution in [2.45, 2.75) is 0 Å². The fourth-order valence-corrected chi connectivity index (χ4v) is 2.28. The van der Waals surface area contributed by atoms with E-state index >= 15 is 0 Å². The smallest absolute Gasteiger partial charge is 0.252 e. The first-order valence-electron chi connectivity index (χ1n) is 5.72. The van der Waals surface area contributed by atoms with E-state index in [1.54, 1.807) is 23.9 Å². The van der Waals surface area contributed by atoms with Crippen LogP contribution in [0.1, 0.15) is 0 Å². The highest BCUT2D eigenvalue weighted by Crippen LogP contribution is 2.20. The largest absolute Gasteiger partial charge is 0.383 e. The highest BCUT2D eigenvalue weighted by Gasteiger charge is 2.05. The number of aromatic nitrogens is 1. The highest BCUT2D eigenvalue weighted by molar-refractivity contribution is 7.84. The third-order valence-electron chi connectivity index (χ3n) is 2.86. The Morgan fingerprint density at radius 1 is 1.33 bits per heavy atom. The molecule has 1 atom stereocenters. The van der Waals surface area contributed by atoms with Gasteiger partial charge in [0.15, 0.2) is 0 Å². The molecule has 0 radical (unpaired) electrons. The molecule has 0 aliphatic heterocycles. The average molecular weight is 264 g/mol. The first kappa shape index (κ1) is 12.8. The second-order valence-electron chi connectivity index (χ2n) is 4.18. The van der Waals surface area contributed by atoms with Crippen LogP contribution in [0.5, 0.6) is 0 Å². The van der Waals surface area contributed by atoms with Crippen molar-refractivity contribution in [1.29, 1.82) is 0 Å². The van der Waals surface area contributed by atoms with Gasteiger partial charge in [-0.15, -0.1) is 0 Å². The molecule has 0 fully saturated rings. The van der Waals surface area contributed by atoms with Crippen molar-refractivity contribution in [1.82, 2.24) is 4.57 Å². The van der Waals surface area contributed by atoms with Gasteiger partial charge in [-0.3, -0.25) is 9.00 Å². The van der Waals surface area contributed by atoms with Crippen LogP contribution in [-0.2, 0) is 17.8 Å². The lowest BCUT2D eigenvalue weighted by Gasteiger charge is -2.11. The summed E-state index contributed by atoms with van der Waals surface area (Å²) in [4.78, 5) is 11.8. The second kappa shape index (κ2) is 5.35. The number of nitrogens with zero attached hydrogens (tertiary/aromatic N) is 1. The van der Waals surface area contributed by atoms with E-state index in [4.69, 9.17) is 0 Å². The number of aryl methyl sites for hydroxylation is 1. The molecule has 5 heteroatoms. The van der Waals surface area contributed by atoms with Crippen LogP contribution in [-0.4, -0.2) is 27.3 Å². The second-order valence-corrected chi connectivity index (χ2v) is 5.73. The number of fused-ring (bicyclic) bond motifs is 1. The molecule has 0 spiro atoms. The molecule has 0 bridgehead atoms. The first-order chi connectivity index (χ1) is 8.59. The van der Waals surface area contributed by atoms with Crippen LogP contribution in [0.15, 0.2) is 35.1 Å². The monoisotopic (exact) mass is 264 g/mol. The summed E-state index contributed by atoms with van der Waals surface area (Å²) < 4.78 is 12.6. The molecular formula is C13H16N2O2S. The van der Waals surface area contributed by atoms with Gasteiger partial charge in [0.25, 0.3) is 5.56 Å². The van der Waals surface area contributed by atoms with Crippen LogP contribution in [0, 0.1) is 0 Å². The minimum Gasteiger partial charge on any atom is -0.383 e. The summed E-state index contributed by atoms with van der Waals surface area (Å²) in [7, 11) is 0.931. The van der Waals surface area contributed by atoms with Crippen LogP contribution in [0.4, 0.5) is 5.69 Å². The Morgan fingerprint density at radius 2 is 2.06 bits per heavy atom. The highest BCUT2D eigenvalue weighted by atomic mass is 32.2. The maximum absolute atomic E-state index is 11.8. The molecule has 2 aromatic rings. The Kier molecular flexibility index (Phi) is 3.81. The molecule has 1 N–H and O–H groups in total. The molecule has 2 rings (SSSR count). The number of hydrogen-bond acceptors (Lipinski definition) is 3. The van der Waals surface area contributed by atoms with Crippen LogP contribution >= 0.6 is 0 Å². The van der Waals surface area contributed by atoms with Crippen molar-refractivity contribution in [3.05, 3.63) is 40.7 Å². The summed E-state index contributed by atoms with van der Waals surface area (Å²) >= 11 is 0. The van der Waals surface area contributed by atoms with Crippen molar-refractivity contribution in [2.24, 2.45) is 7.05 Å². The maximum Gasteiger partial charge on any atom is 0.252 e. The summed E-state index contributed by atoms with van der Waals surface area (Å²) in [5, 5.41) is 4.18. The minimum absolute atomic E-state index is 0.0474. The van der Waals surface area contributed by atoms with Gasteiger partial charge in [-0.1, -0.05) is 18.2 Å². The number of benzene rings is 1. The lowest BCUT2D eigenvalue weighted by atomic mass is 10.2. The van der Waals surface area contributed by atoms with E-state index in [0.717, 1.165) is 16.6 Å². The van der Waals surface area contributed by atoms with E-state index in [1.165, 1.54) is 0 Å². The summed E-state index contributed by atoms with van der Waals surface area (Å²) in [6.45, 7) is 0.597. The standard InChI is InChI=1S/C13H16N2O2S/c1-15-12-6-4-3-5-10(12)11(9-13(15)16)14-7-8-18(2)17/h3-6,9,14H,7-8H2,1-2H3. The third-order valence-corrected chi connectivity index (χ3v) is 3.64. The Hall–Kier alpha value is -1.62. The van der Waals surface area contributed by atoms with Gasteiger partial charge in [0, 0.05) is 53.5 Å². The Balaban J connectivity index is 2.41. The molecule has 0 aliphatic rings. The molecule has 4 nitrogen and oxygen atoms in total. The van der Waals surface area contributed by atoms with Gasteiger partial charge in [0.1, 0.15) is 0 Å². The summed E-state index contributed by atoms with van der Waals surface area (Å²) in [5.74, 6) is 0.573. The van der Waals surface area contributed by atoms with E-state index in [9.17, 15) is 9.00 Å². The molecule has 0 saturated carbocycles. The van der Waals surface area contributed by atoms with Crippen molar-refractivity contribution >= 4 is 27.4 Å². The fraction of sp³-hybridized carbons (Fsp3) is 0.308. The maximum atomic E-state index is 11.8. The summed E-state index contributed by atoms with van der Waals surface area (Å²) in [6.07, 6.45) is 1.67. The van der Waals surface area contributed by atoms with Crippen LogP contribution in [0.2, 0.25) is 0 Å². The molecule has 96 valence electrons. The van der Waals surface area contributed by atoms with Gasteiger partial charge in [0.2, 0.25) is 0 Å². The topological polar surface area (TPSA) is 51.1 Å². The van der Waals surface area contributed by atoms with E-state index in [2.05, 4.69) is 5.32 Å². The quantitative estimate of drug-likeness (QED) is 0.906. The molecule has 1 aromatic heterocycles. The van der Waals surface area contributed by atoms with Gasteiger partial charge < -0.3 is 9.88 Å². The minimum atomic E-state index is -0.829. The Bertz CT molecular complexity index is 649. The van der Waals surface area contributed by atoms with E-state index in [1.807, 2.05) is 24.3 Å². The van der Waals surface area contributed by atoms with Gasteiger partial charge in [-0.25, -0.2) is 0 Å². The SMILES string of the molecule is Cn1c(=O)cc(NCCS(C)=O)c2ccccc21. The van der Waals surface area contributed by atoms with E-state index in [0.29, 0.717) is 12.3 Å². The van der Waals surface area contributed by atoms with Crippen LogP contribution < -0.4 is 10.9 Å². The number of para-hydroxylation sites is 1. The first-order valence-corrected chi connectivity index (χ1v) is 7.45. The molecule has 0 amide bonds. The molecule has 1 heterocycles. The summed E-state index contributed by atoms with van der Waals surface area (Å²) in [6, 6.07) is 9.32. The van der Waals surface area contributed by atoms with E-state index < -0.39 is 10.8 Å². The number of pyridine rings is 1. The van der Waals surface area contributed by atoms with Gasteiger partial charge >= 0.3 is 0 Å². The zero-order valence-corrected chi connectivity index (χ0v) is 11.3. The van der Waals surface area contributed by atoms with Crippen molar-refractivity contribution in [3.8, 4) is 0 Å².